The van der Waals surface area contributed by atoms with Crippen LogP contribution in [0, 0.1) is 17.0 Å². The average molecular weight is 378 g/mol. The van der Waals surface area contributed by atoms with Crippen LogP contribution in [0.2, 0.25) is 5.02 Å². The lowest BCUT2D eigenvalue weighted by molar-refractivity contribution is -0.385. The Kier molecular flexibility index (Phi) is 5.29. The second-order valence-corrected chi connectivity index (χ2v) is 6.03. The van der Waals surface area contributed by atoms with Gasteiger partial charge in [0.15, 0.2) is 5.69 Å². The van der Waals surface area contributed by atoms with Gasteiger partial charge in [0.05, 0.1) is 40.6 Å². The van der Waals surface area contributed by atoms with Crippen molar-refractivity contribution in [3.05, 3.63) is 50.8 Å². The molecule has 0 saturated carbocycles. The van der Waals surface area contributed by atoms with Crippen molar-refractivity contribution in [1.82, 2.24) is 9.97 Å². The maximum Gasteiger partial charge on any atom is 0.276 e. The molecule has 1 aliphatic rings. The van der Waals surface area contributed by atoms with E-state index in [1.165, 1.54) is 18.3 Å². The predicted molar refractivity (Wildman–Crippen MR) is 95.9 cm³/mol. The number of carbonyl (C=O) groups excluding carboxylic acids is 1. The molecule has 9 nitrogen and oxygen atoms in total. The van der Waals surface area contributed by atoms with E-state index < -0.39 is 10.8 Å². The molecule has 1 saturated heterocycles. The number of nitrogens with one attached hydrogen (secondary N) is 1. The summed E-state index contributed by atoms with van der Waals surface area (Å²) < 4.78 is 5.29. The number of hydrogen-bond acceptors (Lipinski definition) is 7. The third-order valence-electron chi connectivity index (χ3n) is 3.99. The van der Waals surface area contributed by atoms with Gasteiger partial charge in [0.1, 0.15) is 0 Å². The second kappa shape index (κ2) is 7.63. The summed E-state index contributed by atoms with van der Waals surface area (Å²) in [6, 6.07) is 4.46. The van der Waals surface area contributed by atoms with Crippen LogP contribution in [-0.4, -0.2) is 47.1 Å². The Morgan fingerprint density at radius 1 is 1.38 bits per heavy atom. The van der Waals surface area contributed by atoms with Gasteiger partial charge in [-0.25, -0.2) is 9.97 Å². The number of amides is 1. The van der Waals surface area contributed by atoms with E-state index in [1.807, 2.05) is 4.90 Å². The van der Waals surface area contributed by atoms with E-state index in [-0.39, 0.29) is 16.4 Å². The lowest BCUT2D eigenvalue weighted by atomic mass is 10.1. The molecule has 1 aromatic heterocycles. The van der Waals surface area contributed by atoms with Gasteiger partial charge in [-0.3, -0.25) is 14.9 Å². The molecule has 0 unspecified atom stereocenters. The van der Waals surface area contributed by atoms with E-state index in [1.54, 1.807) is 13.0 Å². The Labute approximate surface area is 154 Å². The molecule has 2 aromatic rings. The highest BCUT2D eigenvalue weighted by molar-refractivity contribution is 6.34. The molecular formula is C16H16ClN5O4. The molecule has 1 aromatic carbocycles. The largest absolute Gasteiger partial charge is 0.378 e. The number of carbonyl (C=O) groups is 1. The smallest absolute Gasteiger partial charge is 0.276 e. The lowest BCUT2D eigenvalue weighted by Crippen LogP contribution is -2.37. The van der Waals surface area contributed by atoms with Crippen molar-refractivity contribution in [2.45, 2.75) is 6.92 Å². The minimum absolute atomic E-state index is 0.00839. The third kappa shape index (κ3) is 3.73. The zero-order valence-corrected chi connectivity index (χ0v) is 14.7. The van der Waals surface area contributed by atoms with E-state index in [9.17, 15) is 14.9 Å². The highest BCUT2D eigenvalue weighted by atomic mass is 35.5. The second-order valence-electron chi connectivity index (χ2n) is 5.63. The highest BCUT2D eigenvalue weighted by Crippen LogP contribution is 2.26. The number of nitrogens with zero attached hydrogens (tertiary/aromatic N) is 4. The van der Waals surface area contributed by atoms with Crippen LogP contribution in [0.4, 0.5) is 17.3 Å². The molecule has 2 heterocycles. The van der Waals surface area contributed by atoms with Crippen LogP contribution >= 0.6 is 11.6 Å². The SMILES string of the molecule is Cc1c(NC(=O)c2nc(N3CCOCC3)ncc2Cl)cccc1[N+](=O)[O-]. The molecule has 10 heteroatoms. The van der Waals surface area contributed by atoms with Gasteiger partial charge in [0, 0.05) is 19.2 Å². The molecular weight excluding hydrogens is 362 g/mol. The van der Waals surface area contributed by atoms with Crippen LogP contribution in [0.3, 0.4) is 0 Å². The first kappa shape index (κ1) is 18.0. The summed E-state index contributed by atoms with van der Waals surface area (Å²) in [5, 5.41) is 13.8. The number of halogens is 1. The quantitative estimate of drug-likeness (QED) is 0.643. The van der Waals surface area contributed by atoms with Crippen LogP contribution in [0.15, 0.2) is 24.4 Å². The number of hydrogen-bond donors (Lipinski definition) is 1. The molecule has 0 atom stereocenters. The standard InChI is InChI=1S/C16H16ClN5O4/c1-10-12(3-2-4-13(10)22(24)25)19-15(23)14-11(17)9-18-16(20-14)21-5-7-26-8-6-21/h2-4,9H,5-8H2,1H3,(H,19,23). The Balaban J connectivity index is 1.86. The van der Waals surface area contributed by atoms with Gasteiger partial charge in [-0.05, 0) is 13.0 Å². The zero-order valence-electron chi connectivity index (χ0n) is 13.9. The molecule has 136 valence electrons. The van der Waals surface area contributed by atoms with Crippen LogP contribution < -0.4 is 10.2 Å². The molecule has 0 bridgehead atoms. The van der Waals surface area contributed by atoms with E-state index in [4.69, 9.17) is 16.3 Å². The molecule has 26 heavy (non-hydrogen) atoms. The molecule has 3 rings (SSSR count). The van der Waals surface area contributed by atoms with Crippen molar-refractivity contribution in [3.8, 4) is 0 Å². The van der Waals surface area contributed by atoms with Crippen LogP contribution in [0.1, 0.15) is 16.1 Å². The van der Waals surface area contributed by atoms with Crippen molar-refractivity contribution in [2.24, 2.45) is 0 Å². The molecule has 1 N–H and O–H groups in total. The Bertz CT molecular complexity index is 855. The van der Waals surface area contributed by atoms with Gasteiger partial charge >= 0.3 is 0 Å². The number of nitro benzene ring substituents is 1. The molecule has 1 amide bonds. The number of morpholine rings is 1. The molecule has 1 aliphatic heterocycles. The Morgan fingerprint density at radius 2 is 2.12 bits per heavy atom. The maximum atomic E-state index is 12.6. The topological polar surface area (TPSA) is 110 Å². The third-order valence-corrected chi connectivity index (χ3v) is 4.27. The minimum atomic E-state index is -0.560. The summed E-state index contributed by atoms with van der Waals surface area (Å²) >= 11 is 6.08. The monoisotopic (exact) mass is 377 g/mol. The van der Waals surface area contributed by atoms with Crippen molar-refractivity contribution < 1.29 is 14.5 Å². The van der Waals surface area contributed by atoms with E-state index >= 15 is 0 Å². The number of aromatic nitrogens is 2. The normalized spacial score (nSPS) is 14.2. The molecule has 0 aliphatic carbocycles. The van der Waals surface area contributed by atoms with E-state index in [2.05, 4.69) is 15.3 Å². The fraction of sp³-hybridized carbons (Fsp3) is 0.312. The van der Waals surface area contributed by atoms with E-state index in [0.717, 1.165) is 0 Å². The molecule has 1 fully saturated rings. The van der Waals surface area contributed by atoms with Gasteiger partial charge in [-0.1, -0.05) is 17.7 Å². The Hall–Kier alpha value is -2.78. The first-order valence-electron chi connectivity index (χ1n) is 7.88. The fourth-order valence-corrected chi connectivity index (χ4v) is 2.75. The van der Waals surface area contributed by atoms with Gasteiger partial charge in [0.2, 0.25) is 5.95 Å². The summed E-state index contributed by atoms with van der Waals surface area (Å²) in [7, 11) is 0. The summed E-state index contributed by atoms with van der Waals surface area (Å²) in [5.41, 5.74) is 0.607. The summed E-state index contributed by atoms with van der Waals surface area (Å²) in [6.07, 6.45) is 1.37. The van der Waals surface area contributed by atoms with Crippen LogP contribution in [0.5, 0.6) is 0 Å². The van der Waals surface area contributed by atoms with Gasteiger partial charge in [-0.15, -0.1) is 0 Å². The molecule has 0 radical (unpaired) electrons. The van der Waals surface area contributed by atoms with E-state index in [0.29, 0.717) is 43.5 Å². The number of benzene rings is 1. The fourth-order valence-electron chi connectivity index (χ4n) is 2.57. The first-order valence-corrected chi connectivity index (χ1v) is 8.25. The maximum absolute atomic E-state index is 12.6. The van der Waals surface area contributed by atoms with Gasteiger partial charge in [0.25, 0.3) is 11.6 Å². The first-order chi connectivity index (χ1) is 12.5. The van der Waals surface area contributed by atoms with Crippen molar-refractivity contribution in [1.29, 1.82) is 0 Å². The minimum Gasteiger partial charge on any atom is -0.378 e. The average Bonchev–Trinajstić information content (AvgIpc) is 2.64. The van der Waals surface area contributed by atoms with Crippen LogP contribution in [-0.2, 0) is 4.74 Å². The number of ether oxygens (including phenoxy) is 1. The predicted octanol–water partition coefficient (Wildman–Crippen LogP) is 2.44. The van der Waals surface area contributed by atoms with Gasteiger partial charge in [-0.2, -0.15) is 0 Å². The van der Waals surface area contributed by atoms with Crippen molar-refractivity contribution in [2.75, 3.05) is 36.5 Å². The number of rotatable bonds is 4. The Morgan fingerprint density at radius 3 is 2.81 bits per heavy atom. The molecule has 0 spiro atoms. The number of anilines is 2. The number of nitro groups is 1. The summed E-state index contributed by atoms with van der Waals surface area (Å²) in [6.45, 7) is 3.91. The van der Waals surface area contributed by atoms with Gasteiger partial charge < -0.3 is 15.0 Å². The lowest BCUT2D eigenvalue weighted by Gasteiger charge is -2.26. The zero-order chi connectivity index (χ0) is 18.7. The van der Waals surface area contributed by atoms with Crippen LogP contribution in [0.25, 0.3) is 0 Å². The summed E-state index contributed by atoms with van der Waals surface area (Å²) in [4.78, 5) is 33.5. The van der Waals surface area contributed by atoms with Crippen molar-refractivity contribution in [3.63, 3.8) is 0 Å². The highest BCUT2D eigenvalue weighted by Gasteiger charge is 2.21. The van der Waals surface area contributed by atoms with Crippen molar-refractivity contribution >= 4 is 34.8 Å². The summed E-state index contributed by atoms with van der Waals surface area (Å²) in [5.74, 6) is -0.172.